The first kappa shape index (κ1) is 15.1. The van der Waals surface area contributed by atoms with E-state index in [1.54, 1.807) is 0 Å². The Balaban J connectivity index is 0. The van der Waals surface area contributed by atoms with E-state index in [1.165, 1.54) is 0 Å². The van der Waals surface area contributed by atoms with Crippen molar-refractivity contribution in [3.05, 3.63) is 0 Å². The molecule has 4 heteroatoms. The van der Waals surface area contributed by atoms with Crippen molar-refractivity contribution >= 4 is 34.8 Å². The maximum absolute atomic E-state index is 4.38. The number of aliphatic imine (C=N–C) groups is 2. The minimum Gasteiger partial charge on any atom is -0.230 e. The lowest BCUT2D eigenvalue weighted by Crippen LogP contribution is -2.07. The molecule has 0 rings (SSSR count). The minimum atomic E-state index is -0.0399. The summed E-state index contributed by atoms with van der Waals surface area (Å²) in [5, 5.41) is 4.59. The van der Waals surface area contributed by atoms with Crippen molar-refractivity contribution < 1.29 is 0 Å². The van der Waals surface area contributed by atoms with Crippen LogP contribution < -0.4 is 0 Å². The fraction of sp³-hybridized carbons (Fsp3) is 0.778. The van der Waals surface area contributed by atoms with Crippen molar-refractivity contribution in [3.8, 4) is 0 Å². The predicted molar refractivity (Wildman–Crippen MR) is 64.9 cm³/mol. The van der Waals surface area contributed by atoms with Gasteiger partial charge in [-0.15, -0.1) is 0 Å². The molecule has 0 aliphatic heterocycles. The van der Waals surface area contributed by atoms with E-state index < -0.39 is 0 Å². The van der Waals surface area contributed by atoms with Crippen LogP contribution in [0.5, 0.6) is 0 Å². The van der Waals surface area contributed by atoms with Gasteiger partial charge < -0.3 is 0 Å². The zero-order valence-corrected chi connectivity index (χ0v) is 10.4. The lowest BCUT2D eigenvalue weighted by atomic mass is 10.1. The monoisotopic (exact) mass is 216 g/mol. The molecule has 74 valence electrons. The second kappa shape index (κ2) is 8.21. The molecule has 0 N–H and O–H groups in total. The summed E-state index contributed by atoms with van der Waals surface area (Å²) in [5.74, 6) is 0. The molecule has 0 bridgehead atoms. The van der Waals surface area contributed by atoms with E-state index in [1.807, 2.05) is 34.6 Å². The van der Waals surface area contributed by atoms with Gasteiger partial charge in [-0.3, -0.25) is 0 Å². The van der Waals surface area contributed by atoms with E-state index in [0.717, 1.165) is 0 Å². The predicted octanol–water partition coefficient (Wildman–Crippen LogP) is 3.39. The lowest BCUT2D eigenvalue weighted by Gasteiger charge is -2.06. The third-order valence-corrected chi connectivity index (χ3v) is 0.889. The number of thiocarbonyl (C=S) groups is 2. The number of hydrogen-bond acceptors (Lipinski definition) is 4. The van der Waals surface area contributed by atoms with Gasteiger partial charge in [0.25, 0.3) is 0 Å². The average Bonchev–Trinajstić information content (AvgIpc) is 1.84. The van der Waals surface area contributed by atoms with E-state index in [4.69, 9.17) is 0 Å². The highest BCUT2D eigenvalue weighted by atomic mass is 32.1. The van der Waals surface area contributed by atoms with Crippen LogP contribution in [0.4, 0.5) is 0 Å². The summed E-state index contributed by atoms with van der Waals surface area (Å²) in [5.41, 5.74) is -0.0399. The van der Waals surface area contributed by atoms with Crippen LogP contribution in [-0.2, 0) is 0 Å². The smallest absolute Gasteiger partial charge is 0.0627 e. The van der Waals surface area contributed by atoms with Crippen LogP contribution in [0.2, 0.25) is 0 Å². The molecule has 0 saturated carbocycles. The largest absolute Gasteiger partial charge is 0.230 e. The van der Waals surface area contributed by atoms with E-state index in [-0.39, 0.29) is 5.54 Å². The first-order chi connectivity index (χ1) is 5.83. The molecule has 0 heterocycles. The van der Waals surface area contributed by atoms with Gasteiger partial charge in [-0.05, 0) is 59.1 Å². The Morgan fingerprint density at radius 3 is 1.54 bits per heavy atom. The van der Waals surface area contributed by atoms with Crippen LogP contribution in [0, 0.1) is 0 Å². The number of rotatable bonds is 1. The molecule has 0 aromatic rings. The normalized spacial score (nSPS) is 9.08. The molecule has 0 unspecified atom stereocenters. The highest BCUT2D eigenvalue weighted by Gasteiger charge is 2.03. The Labute approximate surface area is 91.2 Å². The maximum Gasteiger partial charge on any atom is 0.0627 e. The van der Waals surface area contributed by atoms with Gasteiger partial charge in [-0.2, -0.15) is 0 Å². The Kier molecular flexibility index (Phi) is 9.53. The molecule has 0 atom stereocenters. The topological polar surface area (TPSA) is 24.7 Å². The summed E-state index contributed by atoms with van der Waals surface area (Å²) >= 11 is 8.70. The highest BCUT2D eigenvalue weighted by Crippen LogP contribution is 2.03. The van der Waals surface area contributed by atoms with E-state index in [9.17, 15) is 0 Å². The van der Waals surface area contributed by atoms with Crippen molar-refractivity contribution in [1.29, 1.82) is 0 Å². The standard InChI is InChI=1S/C5H9NS.C4H7NS/c1-5(2,3)6-4-7;1-4(2)5-3-6/h1-3H3;4H,1-2H3. The summed E-state index contributed by atoms with van der Waals surface area (Å²) in [6.07, 6.45) is 0. The third kappa shape index (κ3) is 24.5. The lowest BCUT2D eigenvalue weighted by molar-refractivity contribution is 0.588. The molecule has 13 heavy (non-hydrogen) atoms. The molecule has 0 aromatic carbocycles. The molecule has 0 amide bonds. The van der Waals surface area contributed by atoms with Crippen molar-refractivity contribution in [1.82, 2.24) is 0 Å². The van der Waals surface area contributed by atoms with E-state index >= 15 is 0 Å². The molecule has 0 saturated heterocycles. The summed E-state index contributed by atoms with van der Waals surface area (Å²) in [6.45, 7) is 9.85. The van der Waals surface area contributed by atoms with E-state index in [2.05, 4.69) is 44.7 Å². The summed E-state index contributed by atoms with van der Waals surface area (Å²) in [6, 6.07) is 0.308. The van der Waals surface area contributed by atoms with Gasteiger partial charge >= 0.3 is 0 Å². The van der Waals surface area contributed by atoms with Crippen molar-refractivity contribution in [2.24, 2.45) is 9.98 Å². The Morgan fingerprint density at radius 1 is 1.08 bits per heavy atom. The fourth-order valence-electron chi connectivity index (χ4n) is 0.242. The molecule has 0 aliphatic rings. The van der Waals surface area contributed by atoms with Crippen LogP contribution in [0.3, 0.4) is 0 Å². The Bertz CT molecular complexity index is 216. The molecule has 2 nitrogen and oxygen atoms in total. The van der Waals surface area contributed by atoms with Crippen LogP contribution in [0.25, 0.3) is 0 Å². The summed E-state index contributed by atoms with van der Waals surface area (Å²) in [4.78, 5) is 7.51. The fourth-order valence-corrected chi connectivity index (χ4v) is 0.727. The maximum atomic E-state index is 4.38. The van der Waals surface area contributed by atoms with Gasteiger partial charge in [0.1, 0.15) is 0 Å². The van der Waals surface area contributed by atoms with Crippen molar-refractivity contribution in [2.75, 3.05) is 0 Å². The van der Waals surface area contributed by atoms with Gasteiger partial charge in [-0.25, -0.2) is 9.98 Å². The quantitative estimate of drug-likeness (QED) is 0.496. The highest BCUT2D eigenvalue weighted by molar-refractivity contribution is 7.78. The zero-order chi connectivity index (χ0) is 10.9. The molecule has 0 fully saturated rings. The van der Waals surface area contributed by atoms with Crippen LogP contribution in [0.1, 0.15) is 34.6 Å². The second-order valence-electron chi connectivity index (χ2n) is 3.69. The van der Waals surface area contributed by atoms with Gasteiger partial charge in [0.2, 0.25) is 0 Å². The van der Waals surface area contributed by atoms with Crippen LogP contribution in [-0.4, -0.2) is 21.9 Å². The molecule has 0 radical (unpaired) electrons. The summed E-state index contributed by atoms with van der Waals surface area (Å²) in [7, 11) is 0. The molecule has 0 spiro atoms. The van der Waals surface area contributed by atoms with Crippen LogP contribution in [0.15, 0.2) is 9.98 Å². The second-order valence-corrected chi connectivity index (χ2v) is 4.05. The Morgan fingerprint density at radius 2 is 1.54 bits per heavy atom. The summed E-state index contributed by atoms with van der Waals surface area (Å²) < 4.78 is 0. The third-order valence-electron chi connectivity index (χ3n) is 0.692. The van der Waals surface area contributed by atoms with Gasteiger partial charge in [0, 0.05) is 0 Å². The van der Waals surface area contributed by atoms with E-state index in [0.29, 0.717) is 6.04 Å². The van der Waals surface area contributed by atoms with Crippen molar-refractivity contribution in [2.45, 2.75) is 46.2 Å². The molecule has 0 aromatic heterocycles. The number of isothiocyanates is 2. The van der Waals surface area contributed by atoms with Crippen molar-refractivity contribution in [3.63, 3.8) is 0 Å². The average molecular weight is 216 g/mol. The number of nitrogens with zero attached hydrogens (tertiary/aromatic N) is 2. The molecular formula is C9H16N2S2. The minimum absolute atomic E-state index is 0.0399. The molecule has 0 aliphatic carbocycles. The first-order valence-electron chi connectivity index (χ1n) is 3.99. The zero-order valence-electron chi connectivity index (χ0n) is 8.79. The molecular weight excluding hydrogens is 200 g/mol. The van der Waals surface area contributed by atoms with Gasteiger partial charge in [0.05, 0.1) is 21.9 Å². The van der Waals surface area contributed by atoms with Gasteiger partial charge in [0.15, 0.2) is 0 Å². The Hall–Kier alpha value is -0.400. The van der Waals surface area contributed by atoms with Gasteiger partial charge in [-0.1, -0.05) is 0 Å². The SMILES string of the molecule is CC(C)(C)N=C=S.CC(C)N=C=S. The number of hydrogen-bond donors (Lipinski definition) is 0. The van der Waals surface area contributed by atoms with Crippen LogP contribution >= 0.6 is 24.4 Å². The first-order valence-corrected chi connectivity index (χ1v) is 4.81.